The minimum absolute atomic E-state index is 0.160. The van der Waals surface area contributed by atoms with Crippen LogP contribution in [0, 0.1) is 0 Å². The molecule has 1 aromatic rings. The van der Waals surface area contributed by atoms with E-state index in [1.165, 1.54) is 11.3 Å². The van der Waals surface area contributed by atoms with Crippen LogP contribution in [-0.2, 0) is 16.0 Å². The summed E-state index contributed by atoms with van der Waals surface area (Å²) in [6.07, 6.45) is 2.03. The Morgan fingerprint density at radius 2 is 1.70 bits per heavy atom. The number of aliphatic hydroxyl groups is 2. The van der Waals surface area contributed by atoms with Crippen LogP contribution in [0.2, 0.25) is 0 Å². The molecule has 0 aromatic heterocycles. The first-order chi connectivity index (χ1) is 11.3. The maximum Gasteiger partial charge on any atom is 0.278 e. The van der Waals surface area contributed by atoms with Gasteiger partial charge < -0.3 is 19.1 Å². The minimum Gasteiger partial charge on any atom is -0.406 e. The summed E-state index contributed by atoms with van der Waals surface area (Å²) in [6.45, 7) is 8.57. The third-order valence-corrected chi connectivity index (χ3v) is 5.22. The third kappa shape index (κ3) is 3.53. The predicted octanol–water partition coefficient (Wildman–Crippen LogP) is 1.37. The second kappa shape index (κ2) is 6.77. The Kier molecular flexibility index (Phi) is 4.53. The first-order valence-corrected chi connectivity index (χ1v) is 8.80. The average molecular weight is 319 g/mol. The highest BCUT2D eigenvalue weighted by molar-refractivity contribution is 5.48. The highest BCUT2D eigenvalue weighted by Crippen LogP contribution is 2.31. The van der Waals surface area contributed by atoms with Crippen molar-refractivity contribution in [2.75, 3.05) is 57.5 Å². The molecule has 5 nitrogen and oxygen atoms in total. The standard InChI is InChI=1S/C18H26N2O3/c1-3-17(4-2-16(1)15-19-9-11-21-12-10-19)20-7-5-18(6-8-20)22-13-14-23-18/h1-4H,5-15H2/p+1. The molecule has 4 rings (SSSR count). The fourth-order valence-corrected chi connectivity index (χ4v) is 3.78. The Bertz CT molecular complexity index is 498. The molecule has 0 radical (unpaired) electrons. The fraction of sp³-hybridized carbons (Fsp3) is 0.667. The average Bonchev–Trinajstić information content (AvgIpc) is 3.06. The van der Waals surface area contributed by atoms with Gasteiger partial charge in [0.1, 0.15) is 6.61 Å². The Balaban J connectivity index is 1.33. The molecule has 3 saturated heterocycles. The summed E-state index contributed by atoms with van der Waals surface area (Å²) in [4.78, 5) is 4.92. The second-order valence-electron chi connectivity index (χ2n) is 6.72. The Morgan fingerprint density at radius 1 is 0.957 bits per heavy atom. The molecule has 3 aliphatic heterocycles. The van der Waals surface area contributed by atoms with Crippen molar-refractivity contribution in [2.45, 2.75) is 25.2 Å². The van der Waals surface area contributed by atoms with Crippen LogP contribution in [-0.4, -0.2) is 68.0 Å². The first-order valence-electron chi connectivity index (χ1n) is 8.80. The highest BCUT2D eigenvalue weighted by atomic mass is 16.7. The molecule has 0 saturated carbocycles. The molecule has 1 spiro atoms. The topological polar surface area (TPSA) is 37.7 Å². The molecular formula is C18H27N2O3+. The van der Waals surface area contributed by atoms with Gasteiger partial charge in [0.25, 0.3) is 5.79 Å². The van der Waals surface area contributed by atoms with E-state index >= 15 is 0 Å². The fourth-order valence-electron chi connectivity index (χ4n) is 3.78. The summed E-state index contributed by atoms with van der Waals surface area (Å²) in [5.41, 5.74) is 2.71. The van der Waals surface area contributed by atoms with E-state index in [4.69, 9.17) is 9.47 Å². The quantitative estimate of drug-likeness (QED) is 0.789. The molecule has 0 atom stereocenters. The van der Waals surface area contributed by atoms with Crippen molar-refractivity contribution in [3.63, 3.8) is 0 Å². The van der Waals surface area contributed by atoms with Crippen LogP contribution in [0.25, 0.3) is 0 Å². The lowest BCUT2D eigenvalue weighted by Crippen LogP contribution is -2.46. The zero-order valence-electron chi connectivity index (χ0n) is 13.7. The van der Waals surface area contributed by atoms with Gasteiger partial charge in [-0.3, -0.25) is 4.90 Å². The van der Waals surface area contributed by atoms with Gasteiger partial charge in [-0.05, 0) is 17.7 Å². The van der Waals surface area contributed by atoms with Gasteiger partial charge in [-0.25, -0.2) is 0 Å². The molecule has 1 aromatic carbocycles. The van der Waals surface area contributed by atoms with Crippen LogP contribution in [0.5, 0.6) is 0 Å². The predicted molar refractivity (Wildman–Crippen MR) is 89.8 cm³/mol. The SMILES string of the molecule is c1cc(N2CCC3(CC2)OCC[OH+]3)ccc1CN1CCOCC1. The number of piperidine rings is 1. The summed E-state index contributed by atoms with van der Waals surface area (Å²) in [5, 5.41) is 0. The van der Waals surface area contributed by atoms with Crippen molar-refractivity contribution in [3.05, 3.63) is 29.8 Å². The molecule has 1 N–H and O–H groups in total. The Morgan fingerprint density at radius 3 is 2.35 bits per heavy atom. The minimum atomic E-state index is -0.160. The normalized spacial score (nSPS) is 25.1. The lowest BCUT2D eigenvalue weighted by Gasteiger charge is -2.35. The van der Waals surface area contributed by atoms with E-state index in [1.807, 2.05) is 0 Å². The number of anilines is 1. The van der Waals surface area contributed by atoms with Gasteiger partial charge >= 0.3 is 0 Å². The van der Waals surface area contributed by atoms with E-state index in [9.17, 15) is 0 Å². The smallest absolute Gasteiger partial charge is 0.278 e. The summed E-state index contributed by atoms with van der Waals surface area (Å²) in [5.74, 6) is -0.160. The number of morpholine rings is 1. The molecule has 0 amide bonds. The van der Waals surface area contributed by atoms with Crippen molar-refractivity contribution in [3.8, 4) is 0 Å². The largest absolute Gasteiger partial charge is 0.406 e. The second-order valence-corrected chi connectivity index (χ2v) is 6.72. The number of benzene rings is 1. The van der Waals surface area contributed by atoms with Crippen molar-refractivity contribution in [1.29, 1.82) is 0 Å². The molecule has 5 heteroatoms. The maximum absolute atomic E-state index is 5.86. The Labute approximate surface area is 138 Å². The number of hydrogen-bond acceptors (Lipinski definition) is 4. The van der Waals surface area contributed by atoms with Crippen molar-refractivity contribution < 1.29 is 14.2 Å². The molecule has 3 aliphatic rings. The molecule has 0 unspecified atom stereocenters. The van der Waals surface area contributed by atoms with E-state index < -0.39 is 0 Å². The van der Waals surface area contributed by atoms with Crippen LogP contribution in [0.1, 0.15) is 18.4 Å². The maximum atomic E-state index is 5.86. The van der Waals surface area contributed by atoms with Crippen LogP contribution < -0.4 is 4.90 Å². The van der Waals surface area contributed by atoms with Gasteiger partial charge in [-0.1, -0.05) is 12.1 Å². The highest BCUT2D eigenvalue weighted by Gasteiger charge is 2.45. The lowest BCUT2D eigenvalue weighted by atomic mass is 10.0. The number of hydrogen-bond donors (Lipinski definition) is 0. The zero-order valence-corrected chi connectivity index (χ0v) is 13.7. The van der Waals surface area contributed by atoms with E-state index in [0.717, 1.165) is 72.0 Å². The molecule has 0 bridgehead atoms. The summed E-state index contributed by atoms with van der Waals surface area (Å²) in [7, 11) is 0. The molecule has 23 heavy (non-hydrogen) atoms. The zero-order chi connectivity index (χ0) is 15.5. The van der Waals surface area contributed by atoms with E-state index in [-0.39, 0.29) is 5.79 Å². The summed E-state index contributed by atoms with van der Waals surface area (Å²) < 4.78 is 15.9. The van der Waals surface area contributed by atoms with Crippen LogP contribution >= 0.6 is 0 Å². The van der Waals surface area contributed by atoms with Crippen molar-refractivity contribution >= 4 is 5.69 Å². The number of rotatable bonds is 3. The number of nitrogens with zero attached hydrogens (tertiary/aromatic N) is 2. The molecule has 3 fully saturated rings. The van der Waals surface area contributed by atoms with Gasteiger partial charge in [0.2, 0.25) is 0 Å². The van der Waals surface area contributed by atoms with Crippen molar-refractivity contribution in [2.24, 2.45) is 0 Å². The summed E-state index contributed by atoms with van der Waals surface area (Å²) >= 11 is 0. The van der Waals surface area contributed by atoms with Gasteiger partial charge in [-0.2, -0.15) is 0 Å². The van der Waals surface area contributed by atoms with Crippen LogP contribution in [0.4, 0.5) is 5.69 Å². The molecule has 3 heterocycles. The van der Waals surface area contributed by atoms with Crippen LogP contribution in [0.15, 0.2) is 24.3 Å². The van der Waals surface area contributed by atoms with Gasteiger partial charge in [0.05, 0.1) is 26.1 Å². The number of ether oxygens (including phenoxy) is 3. The van der Waals surface area contributed by atoms with Gasteiger partial charge in [0, 0.05) is 38.4 Å². The van der Waals surface area contributed by atoms with E-state index in [1.54, 1.807) is 0 Å². The summed E-state index contributed by atoms with van der Waals surface area (Å²) in [6, 6.07) is 9.07. The first kappa shape index (κ1) is 15.4. The Hall–Kier alpha value is -1.14. The lowest BCUT2D eigenvalue weighted by molar-refractivity contribution is -0.257. The van der Waals surface area contributed by atoms with E-state index in [0.29, 0.717) is 0 Å². The molecule has 126 valence electrons. The molecule has 0 aliphatic carbocycles. The van der Waals surface area contributed by atoms with Gasteiger partial charge in [0.15, 0.2) is 6.61 Å². The van der Waals surface area contributed by atoms with Crippen molar-refractivity contribution in [1.82, 2.24) is 4.90 Å². The van der Waals surface area contributed by atoms with Crippen LogP contribution in [0.3, 0.4) is 0 Å². The van der Waals surface area contributed by atoms with Gasteiger partial charge in [-0.15, -0.1) is 0 Å². The third-order valence-electron chi connectivity index (χ3n) is 5.22. The van der Waals surface area contributed by atoms with E-state index in [2.05, 4.69) is 38.8 Å². The monoisotopic (exact) mass is 319 g/mol. The molecular weight excluding hydrogens is 292 g/mol.